The minimum Gasteiger partial charge on any atom is -0.444 e. The fourth-order valence-electron chi connectivity index (χ4n) is 1.51. The topological polar surface area (TPSA) is 29.5 Å². The van der Waals surface area contributed by atoms with Crippen LogP contribution in [0.15, 0.2) is 0 Å². The van der Waals surface area contributed by atoms with Crippen molar-refractivity contribution in [2.75, 3.05) is 18.1 Å². The molecule has 1 aliphatic heterocycles. The van der Waals surface area contributed by atoms with Gasteiger partial charge in [0.1, 0.15) is 5.60 Å². The van der Waals surface area contributed by atoms with Crippen LogP contribution in [0.25, 0.3) is 0 Å². The third-order valence-corrected chi connectivity index (χ3v) is 3.64. The summed E-state index contributed by atoms with van der Waals surface area (Å²) in [6.45, 7) is 10.7. The molecule has 1 saturated heterocycles. The SMILES string of the molecule is CC(C)(C)OC(=O)N1CCSCC1(C)C. The Hall–Kier alpha value is -0.380. The first kappa shape index (κ1) is 12.7. The molecule has 3 nitrogen and oxygen atoms in total. The van der Waals surface area contributed by atoms with E-state index >= 15 is 0 Å². The van der Waals surface area contributed by atoms with Crippen molar-refractivity contribution < 1.29 is 9.53 Å². The van der Waals surface area contributed by atoms with Crippen LogP contribution in [0.3, 0.4) is 0 Å². The largest absolute Gasteiger partial charge is 0.444 e. The lowest BCUT2D eigenvalue weighted by atomic mass is 10.1. The summed E-state index contributed by atoms with van der Waals surface area (Å²) in [5.74, 6) is 1.98. The number of thioether (sulfide) groups is 1. The maximum atomic E-state index is 11.9. The lowest BCUT2D eigenvalue weighted by Gasteiger charge is -2.42. The summed E-state index contributed by atoms with van der Waals surface area (Å²) in [7, 11) is 0. The average molecular weight is 231 g/mol. The van der Waals surface area contributed by atoms with Crippen LogP contribution in [0.5, 0.6) is 0 Å². The lowest BCUT2D eigenvalue weighted by Crippen LogP contribution is -2.54. The number of carbonyl (C=O) groups excluding carboxylic acids is 1. The van der Waals surface area contributed by atoms with Crippen LogP contribution in [-0.2, 0) is 4.74 Å². The molecule has 0 radical (unpaired) electrons. The Balaban J connectivity index is 2.65. The quantitative estimate of drug-likeness (QED) is 0.642. The molecule has 1 aliphatic rings. The van der Waals surface area contributed by atoms with E-state index in [1.807, 2.05) is 37.4 Å². The second kappa shape index (κ2) is 4.24. The second-order valence-corrected chi connectivity index (χ2v) is 6.60. The van der Waals surface area contributed by atoms with E-state index < -0.39 is 5.60 Å². The Bertz CT molecular complexity index is 245. The van der Waals surface area contributed by atoms with E-state index in [-0.39, 0.29) is 11.6 Å². The second-order valence-electron chi connectivity index (χ2n) is 5.50. The van der Waals surface area contributed by atoms with Gasteiger partial charge < -0.3 is 9.64 Å². The molecule has 0 atom stereocenters. The highest BCUT2D eigenvalue weighted by Gasteiger charge is 2.36. The minimum absolute atomic E-state index is 0.0920. The Morgan fingerprint density at radius 2 is 2.00 bits per heavy atom. The predicted octanol–water partition coefficient (Wildman–Crippen LogP) is 2.75. The normalized spacial score (nSPS) is 21.3. The monoisotopic (exact) mass is 231 g/mol. The van der Waals surface area contributed by atoms with Crippen molar-refractivity contribution in [1.29, 1.82) is 0 Å². The fraction of sp³-hybridized carbons (Fsp3) is 0.909. The molecule has 0 saturated carbocycles. The van der Waals surface area contributed by atoms with Gasteiger partial charge in [-0.1, -0.05) is 0 Å². The number of nitrogens with zero attached hydrogens (tertiary/aromatic N) is 1. The third-order valence-electron chi connectivity index (χ3n) is 2.26. The van der Waals surface area contributed by atoms with Crippen molar-refractivity contribution >= 4 is 17.9 Å². The van der Waals surface area contributed by atoms with Gasteiger partial charge in [0.2, 0.25) is 0 Å². The molecule has 0 aromatic rings. The van der Waals surface area contributed by atoms with E-state index in [2.05, 4.69) is 13.8 Å². The molecule has 0 aromatic heterocycles. The van der Waals surface area contributed by atoms with Crippen molar-refractivity contribution in [3.63, 3.8) is 0 Å². The van der Waals surface area contributed by atoms with Crippen molar-refractivity contribution in [2.24, 2.45) is 0 Å². The molecular formula is C11H21NO2S. The summed E-state index contributed by atoms with van der Waals surface area (Å²) in [4.78, 5) is 13.8. The first-order valence-corrected chi connectivity index (χ1v) is 6.46. The third kappa shape index (κ3) is 3.59. The van der Waals surface area contributed by atoms with Crippen LogP contribution >= 0.6 is 11.8 Å². The van der Waals surface area contributed by atoms with Crippen molar-refractivity contribution in [2.45, 2.75) is 45.8 Å². The van der Waals surface area contributed by atoms with Crippen LogP contribution in [0.4, 0.5) is 4.79 Å². The van der Waals surface area contributed by atoms with E-state index in [1.165, 1.54) is 0 Å². The zero-order valence-electron chi connectivity index (χ0n) is 10.3. The Labute approximate surface area is 96.5 Å². The first-order chi connectivity index (χ1) is 6.72. The minimum atomic E-state index is -0.405. The maximum absolute atomic E-state index is 11.9. The zero-order valence-corrected chi connectivity index (χ0v) is 11.1. The van der Waals surface area contributed by atoms with Gasteiger partial charge in [-0.25, -0.2) is 4.79 Å². The first-order valence-electron chi connectivity index (χ1n) is 5.31. The van der Waals surface area contributed by atoms with Crippen molar-refractivity contribution in [3.05, 3.63) is 0 Å². The highest BCUT2D eigenvalue weighted by Crippen LogP contribution is 2.27. The molecule has 0 bridgehead atoms. The number of hydrogen-bond donors (Lipinski definition) is 0. The van der Waals surface area contributed by atoms with Gasteiger partial charge in [-0.15, -0.1) is 0 Å². The van der Waals surface area contributed by atoms with E-state index in [0.29, 0.717) is 0 Å². The molecule has 1 fully saturated rings. The van der Waals surface area contributed by atoms with Crippen molar-refractivity contribution in [1.82, 2.24) is 4.90 Å². The Kier molecular flexibility index (Phi) is 3.59. The van der Waals surface area contributed by atoms with Gasteiger partial charge in [-0.05, 0) is 34.6 Å². The van der Waals surface area contributed by atoms with Crippen LogP contribution in [-0.4, -0.2) is 40.2 Å². The lowest BCUT2D eigenvalue weighted by molar-refractivity contribution is 0.00784. The van der Waals surface area contributed by atoms with Crippen LogP contribution in [0, 0.1) is 0 Å². The average Bonchev–Trinajstić information content (AvgIpc) is 1.99. The van der Waals surface area contributed by atoms with Gasteiger partial charge in [0.25, 0.3) is 0 Å². The van der Waals surface area contributed by atoms with Crippen molar-refractivity contribution in [3.8, 4) is 0 Å². The molecule has 0 spiro atoms. The molecule has 0 aromatic carbocycles. The molecule has 0 aliphatic carbocycles. The number of amides is 1. The summed E-state index contributed by atoms with van der Waals surface area (Å²) in [6.07, 6.45) is -0.187. The van der Waals surface area contributed by atoms with Gasteiger partial charge in [0.15, 0.2) is 0 Å². The maximum Gasteiger partial charge on any atom is 0.410 e. The highest BCUT2D eigenvalue weighted by molar-refractivity contribution is 7.99. The molecule has 0 N–H and O–H groups in total. The highest BCUT2D eigenvalue weighted by atomic mass is 32.2. The number of rotatable bonds is 0. The van der Waals surface area contributed by atoms with E-state index in [1.54, 1.807) is 0 Å². The van der Waals surface area contributed by atoms with E-state index in [4.69, 9.17) is 4.74 Å². The number of carbonyl (C=O) groups is 1. The Morgan fingerprint density at radius 1 is 1.40 bits per heavy atom. The molecular weight excluding hydrogens is 210 g/mol. The molecule has 1 amide bonds. The van der Waals surface area contributed by atoms with E-state index in [9.17, 15) is 4.79 Å². The molecule has 0 unspecified atom stereocenters. The number of ether oxygens (including phenoxy) is 1. The molecule has 1 rings (SSSR count). The van der Waals surface area contributed by atoms with Gasteiger partial charge in [0, 0.05) is 23.6 Å². The summed E-state index contributed by atoms with van der Waals surface area (Å²) in [5, 5.41) is 0. The van der Waals surface area contributed by atoms with Gasteiger partial charge in [0.05, 0.1) is 0 Å². The summed E-state index contributed by atoms with van der Waals surface area (Å²) in [5.41, 5.74) is -0.497. The predicted molar refractivity (Wildman–Crippen MR) is 64.3 cm³/mol. The van der Waals surface area contributed by atoms with Crippen LogP contribution in [0.2, 0.25) is 0 Å². The van der Waals surface area contributed by atoms with Gasteiger partial charge in [-0.3, -0.25) is 0 Å². The Morgan fingerprint density at radius 3 is 2.47 bits per heavy atom. The smallest absolute Gasteiger partial charge is 0.410 e. The molecule has 1 heterocycles. The molecule has 88 valence electrons. The van der Waals surface area contributed by atoms with Crippen LogP contribution in [0.1, 0.15) is 34.6 Å². The van der Waals surface area contributed by atoms with Gasteiger partial charge in [-0.2, -0.15) is 11.8 Å². The molecule has 4 heteroatoms. The summed E-state index contributed by atoms with van der Waals surface area (Å²) in [6, 6.07) is 0. The summed E-state index contributed by atoms with van der Waals surface area (Å²) < 4.78 is 5.39. The number of hydrogen-bond acceptors (Lipinski definition) is 3. The standard InChI is InChI=1S/C11H21NO2S/c1-10(2,3)14-9(13)12-6-7-15-8-11(12,4)5/h6-8H2,1-5H3. The van der Waals surface area contributed by atoms with Crippen LogP contribution < -0.4 is 0 Å². The molecule has 15 heavy (non-hydrogen) atoms. The summed E-state index contributed by atoms with van der Waals surface area (Å²) >= 11 is 1.89. The fourth-order valence-corrected chi connectivity index (χ4v) is 2.63. The zero-order chi connectivity index (χ0) is 11.7. The van der Waals surface area contributed by atoms with E-state index in [0.717, 1.165) is 18.1 Å². The van der Waals surface area contributed by atoms with Gasteiger partial charge >= 0.3 is 6.09 Å².